The Balaban J connectivity index is 2.52. The highest BCUT2D eigenvalue weighted by Crippen LogP contribution is 2.26. The lowest BCUT2D eigenvalue weighted by atomic mass is 10.3. The van der Waals surface area contributed by atoms with Crippen LogP contribution in [0.25, 0.3) is 16.3 Å². The lowest BCUT2D eigenvalue weighted by molar-refractivity contribution is 0.478. The van der Waals surface area contributed by atoms with E-state index in [2.05, 4.69) is 16.0 Å². The van der Waals surface area contributed by atoms with Gasteiger partial charge in [0.25, 0.3) is 0 Å². The summed E-state index contributed by atoms with van der Waals surface area (Å²) in [5.74, 6) is 0. The van der Waals surface area contributed by atoms with E-state index in [1.807, 2.05) is 26.2 Å². The van der Waals surface area contributed by atoms with Crippen LogP contribution in [0.2, 0.25) is 0 Å². The molecule has 0 radical (unpaired) electrons. The highest BCUT2D eigenvalue weighted by Gasteiger charge is 2.03. The largest absolute Gasteiger partial charge is 0.515 e. The van der Waals surface area contributed by atoms with Crippen molar-refractivity contribution in [1.29, 1.82) is 0 Å². The van der Waals surface area contributed by atoms with E-state index in [1.54, 1.807) is 17.4 Å². The molecule has 0 saturated heterocycles. The van der Waals surface area contributed by atoms with Crippen molar-refractivity contribution in [2.24, 2.45) is 0 Å². The van der Waals surface area contributed by atoms with Gasteiger partial charge in [0.1, 0.15) is 5.01 Å². The molecule has 78 valence electrons. The van der Waals surface area contributed by atoms with Gasteiger partial charge in [0, 0.05) is 25.9 Å². The molecule has 2 aromatic rings. The first-order valence-corrected chi connectivity index (χ1v) is 5.41. The van der Waals surface area contributed by atoms with Crippen LogP contribution < -0.4 is 4.90 Å². The van der Waals surface area contributed by atoms with Gasteiger partial charge in [0.15, 0.2) is 0 Å². The Morgan fingerprint density at radius 2 is 2.20 bits per heavy atom. The van der Waals surface area contributed by atoms with Gasteiger partial charge in [-0.25, -0.2) is 4.98 Å². The SMILES string of the molecule is CN(C)c1ccc2nc(C=CO)sc2c1. The van der Waals surface area contributed by atoms with Crippen LogP contribution in [0, 0.1) is 0 Å². The van der Waals surface area contributed by atoms with Crippen molar-refractivity contribution in [1.82, 2.24) is 4.98 Å². The van der Waals surface area contributed by atoms with Crippen molar-refractivity contribution >= 4 is 33.3 Å². The third kappa shape index (κ3) is 1.94. The Bertz CT molecular complexity index is 502. The number of hydrogen-bond acceptors (Lipinski definition) is 4. The van der Waals surface area contributed by atoms with E-state index in [4.69, 9.17) is 5.11 Å². The van der Waals surface area contributed by atoms with Gasteiger partial charge in [-0.15, -0.1) is 11.3 Å². The smallest absolute Gasteiger partial charge is 0.120 e. The van der Waals surface area contributed by atoms with E-state index >= 15 is 0 Å². The van der Waals surface area contributed by atoms with E-state index < -0.39 is 0 Å². The zero-order valence-corrected chi connectivity index (χ0v) is 9.45. The summed E-state index contributed by atoms with van der Waals surface area (Å²) in [6.07, 6.45) is 2.62. The van der Waals surface area contributed by atoms with Gasteiger partial charge in [0.05, 0.1) is 16.5 Å². The summed E-state index contributed by atoms with van der Waals surface area (Å²) in [6.45, 7) is 0. The van der Waals surface area contributed by atoms with Gasteiger partial charge < -0.3 is 10.0 Å². The third-order valence-corrected chi connectivity index (χ3v) is 3.11. The summed E-state index contributed by atoms with van der Waals surface area (Å²) in [5.41, 5.74) is 2.13. The van der Waals surface area contributed by atoms with Gasteiger partial charge in [0.2, 0.25) is 0 Å². The van der Waals surface area contributed by atoms with Crippen LogP contribution in [0.1, 0.15) is 5.01 Å². The first-order chi connectivity index (χ1) is 7.20. The van der Waals surface area contributed by atoms with E-state index in [0.29, 0.717) is 0 Å². The maximum atomic E-state index is 8.67. The normalized spacial score (nSPS) is 11.3. The first kappa shape index (κ1) is 9.98. The van der Waals surface area contributed by atoms with E-state index in [1.165, 1.54) is 0 Å². The summed E-state index contributed by atoms with van der Waals surface area (Å²) in [7, 11) is 4.02. The molecule has 3 nitrogen and oxygen atoms in total. The van der Waals surface area contributed by atoms with Crippen molar-refractivity contribution in [3.05, 3.63) is 29.5 Å². The van der Waals surface area contributed by atoms with E-state index in [9.17, 15) is 0 Å². The van der Waals surface area contributed by atoms with Crippen molar-refractivity contribution in [2.45, 2.75) is 0 Å². The average molecular weight is 220 g/mol. The van der Waals surface area contributed by atoms with Crippen molar-refractivity contribution < 1.29 is 5.11 Å². The van der Waals surface area contributed by atoms with Crippen molar-refractivity contribution in [3.8, 4) is 0 Å². The lowest BCUT2D eigenvalue weighted by Crippen LogP contribution is -2.07. The minimum absolute atomic E-state index is 0.823. The number of benzene rings is 1. The zero-order valence-electron chi connectivity index (χ0n) is 8.64. The molecule has 2 rings (SSSR count). The molecule has 0 spiro atoms. The molecule has 0 aliphatic carbocycles. The number of nitrogens with zero attached hydrogens (tertiary/aromatic N) is 2. The van der Waals surface area contributed by atoms with Crippen molar-refractivity contribution in [3.63, 3.8) is 0 Å². The highest BCUT2D eigenvalue weighted by atomic mass is 32.1. The summed E-state index contributed by atoms with van der Waals surface area (Å²) in [6, 6.07) is 6.13. The molecule has 0 saturated carbocycles. The molecule has 1 aromatic heterocycles. The molecule has 0 atom stereocenters. The Labute approximate surface area is 92.3 Å². The number of anilines is 1. The number of rotatable bonds is 2. The van der Waals surface area contributed by atoms with Gasteiger partial charge >= 0.3 is 0 Å². The molecule has 1 N–H and O–H groups in total. The molecular formula is C11H12N2OS. The summed E-state index contributed by atoms with van der Waals surface area (Å²) >= 11 is 1.57. The second-order valence-corrected chi connectivity index (χ2v) is 4.48. The van der Waals surface area contributed by atoms with Crippen LogP contribution in [0.5, 0.6) is 0 Å². The van der Waals surface area contributed by atoms with E-state index in [0.717, 1.165) is 27.2 Å². The predicted molar refractivity (Wildman–Crippen MR) is 65.6 cm³/mol. The van der Waals surface area contributed by atoms with E-state index in [-0.39, 0.29) is 0 Å². The maximum absolute atomic E-state index is 8.67. The molecule has 0 amide bonds. The molecule has 0 unspecified atom stereocenters. The molecule has 1 heterocycles. The molecule has 0 aliphatic rings. The zero-order chi connectivity index (χ0) is 10.8. The Morgan fingerprint density at radius 3 is 2.87 bits per heavy atom. The predicted octanol–water partition coefficient (Wildman–Crippen LogP) is 2.89. The maximum Gasteiger partial charge on any atom is 0.120 e. The standard InChI is InChI=1S/C11H12N2OS/c1-13(2)8-3-4-9-10(7-8)15-11(12-9)5-6-14/h3-7,14H,1-2H3. The molecule has 0 aliphatic heterocycles. The minimum Gasteiger partial charge on any atom is -0.515 e. The number of hydrogen-bond donors (Lipinski definition) is 1. The lowest BCUT2D eigenvalue weighted by Gasteiger charge is -2.11. The van der Waals surface area contributed by atoms with Crippen LogP contribution in [0.3, 0.4) is 0 Å². The van der Waals surface area contributed by atoms with Crippen LogP contribution in [0.4, 0.5) is 5.69 Å². The number of aliphatic hydroxyl groups is 1. The minimum atomic E-state index is 0.823. The number of thiazole rings is 1. The number of fused-ring (bicyclic) bond motifs is 1. The Hall–Kier alpha value is -1.55. The summed E-state index contributed by atoms with van der Waals surface area (Å²) in [5, 5.41) is 9.49. The fraction of sp³-hybridized carbons (Fsp3) is 0.182. The molecule has 15 heavy (non-hydrogen) atoms. The second-order valence-electron chi connectivity index (χ2n) is 3.41. The highest BCUT2D eigenvalue weighted by molar-refractivity contribution is 7.19. The second kappa shape index (κ2) is 3.90. The Kier molecular flexibility index (Phi) is 2.60. The molecule has 4 heteroatoms. The Morgan fingerprint density at radius 1 is 1.40 bits per heavy atom. The van der Waals surface area contributed by atoms with Crippen LogP contribution >= 0.6 is 11.3 Å². The molecule has 0 bridgehead atoms. The molecular weight excluding hydrogens is 208 g/mol. The van der Waals surface area contributed by atoms with Crippen LogP contribution in [-0.4, -0.2) is 24.2 Å². The fourth-order valence-electron chi connectivity index (χ4n) is 1.34. The first-order valence-electron chi connectivity index (χ1n) is 4.59. The van der Waals surface area contributed by atoms with Gasteiger partial charge in [-0.05, 0) is 18.2 Å². The third-order valence-electron chi connectivity index (χ3n) is 2.12. The van der Waals surface area contributed by atoms with Gasteiger partial charge in [-0.1, -0.05) is 0 Å². The van der Waals surface area contributed by atoms with Crippen LogP contribution in [-0.2, 0) is 0 Å². The van der Waals surface area contributed by atoms with Gasteiger partial charge in [-0.3, -0.25) is 0 Å². The van der Waals surface area contributed by atoms with Crippen LogP contribution in [0.15, 0.2) is 24.5 Å². The quantitative estimate of drug-likeness (QED) is 0.790. The average Bonchev–Trinajstić information content (AvgIpc) is 2.59. The summed E-state index contributed by atoms with van der Waals surface area (Å²) < 4.78 is 1.13. The topological polar surface area (TPSA) is 36.4 Å². The van der Waals surface area contributed by atoms with Crippen molar-refractivity contribution in [2.75, 3.05) is 19.0 Å². The fourth-order valence-corrected chi connectivity index (χ4v) is 2.24. The molecule has 1 aromatic carbocycles. The number of aliphatic hydroxyl groups excluding tert-OH is 1. The monoisotopic (exact) mass is 220 g/mol. The number of aromatic nitrogens is 1. The molecule has 0 fully saturated rings. The van der Waals surface area contributed by atoms with Gasteiger partial charge in [-0.2, -0.15) is 0 Å². The summed E-state index contributed by atoms with van der Waals surface area (Å²) in [4.78, 5) is 6.41.